The highest BCUT2D eigenvalue weighted by atomic mass is 32.2. The normalized spacial score (nSPS) is 18.6. The summed E-state index contributed by atoms with van der Waals surface area (Å²) in [5.74, 6) is -0.303. The van der Waals surface area contributed by atoms with E-state index in [1.54, 1.807) is 12.3 Å². The van der Waals surface area contributed by atoms with Gasteiger partial charge in [0.05, 0.1) is 18.0 Å². The summed E-state index contributed by atoms with van der Waals surface area (Å²) in [6.45, 7) is 1.75. The topological polar surface area (TPSA) is 113 Å². The molecule has 2 fully saturated rings. The highest BCUT2D eigenvalue weighted by Crippen LogP contribution is 2.15. The molecule has 2 aliphatic heterocycles. The zero-order valence-electron chi connectivity index (χ0n) is 14.6. The van der Waals surface area contributed by atoms with E-state index in [2.05, 4.69) is 19.6 Å². The Bertz CT molecular complexity index is 761. The number of aromatic nitrogens is 2. The van der Waals surface area contributed by atoms with Gasteiger partial charge in [-0.3, -0.25) is 14.5 Å². The van der Waals surface area contributed by atoms with Crippen LogP contribution in [0.5, 0.6) is 0 Å². The molecule has 2 saturated heterocycles. The number of sulfonamides is 1. The van der Waals surface area contributed by atoms with Crippen LogP contribution in [0, 0.1) is 0 Å². The van der Waals surface area contributed by atoms with E-state index in [0.717, 1.165) is 30.8 Å². The van der Waals surface area contributed by atoms with E-state index < -0.39 is 10.0 Å². The largest absolute Gasteiger partial charge is 0.341 e. The minimum Gasteiger partial charge on any atom is -0.341 e. The second-order valence-electron chi connectivity index (χ2n) is 6.47. The molecule has 0 aliphatic carbocycles. The minimum absolute atomic E-state index is 0.0492. The first-order valence-corrected chi connectivity index (χ1v) is 10.5. The Labute approximate surface area is 152 Å². The number of amides is 2. The van der Waals surface area contributed by atoms with E-state index in [1.807, 2.05) is 0 Å². The summed E-state index contributed by atoms with van der Waals surface area (Å²) in [5.41, 5.74) is 0.579. The number of anilines is 1. The molecule has 0 atom stereocenters. The number of nitrogens with one attached hydrogen (secondary N) is 1. The molecule has 0 unspecified atom stereocenters. The Hall–Kier alpha value is -2.07. The van der Waals surface area contributed by atoms with Gasteiger partial charge >= 0.3 is 0 Å². The Balaban J connectivity index is 1.54. The first-order valence-electron chi connectivity index (χ1n) is 8.82. The van der Waals surface area contributed by atoms with Gasteiger partial charge in [-0.15, -0.1) is 0 Å². The van der Waals surface area contributed by atoms with Crippen molar-refractivity contribution >= 4 is 27.8 Å². The van der Waals surface area contributed by atoms with Gasteiger partial charge in [-0.25, -0.2) is 23.1 Å². The standard InChI is InChI=1S/C16H23N5O4S/c22-14-4-3-5-15(23)21(14)10-11-26(24,25)18-12-13-6-7-17-16(19-13)20-8-1-2-9-20/h6-7,18H,1-5,8-12H2. The Morgan fingerprint density at radius 2 is 1.77 bits per heavy atom. The van der Waals surface area contributed by atoms with Crippen molar-refractivity contribution in [1.29, 1.82) is 0 Å². The molecule has 1 aromatic rings. The Kier molecular flexibility index (Phi) is 5.82. The van der Waals surface area contributed by atoms with Crippen LogP contribution < -0.4 is 9.62 Å². The minimum atomic E-state index is -3.63. The van der Waals surface area contributed by atoms with Crippen molar-refractivity contribution in [2.45, 2.75) is 38.6 Å². The predicted octanol–water partition coefficient (Wildman–Crippen LogP) is 0.0353. The number of piperidine rings is 1. The highest BCUT2D eigenvalue weighted by Gasteiger charge is 2.27. The van der Waals surface area contributed by atoms with Crippen molar-refractivity contribution in [2.24, 2.45) is 0 Å². The van der Waals surface area contributed by atoms with Gasteiger partial charge in [0, 0.05) is 38.7 Å². The van der Waals surface area contributed by atoms with Crippen molar-refractivity contribution in [2.75, 3.05) is 30.3 Å². The van der Waals surface area contributed by atoms with Gasteiger partial charge < -0.3 is 4.90 Å². The molecule has 0 aromatic carbocycles. The smallest absolute Gasteiger partial charge is 0.229 e. The van der Waals surface area contributed by atoms with Crippen LogP contribution in [0.4, 0.5) is 5.95 Å². The van der Waals surface area contributed by atoms with Crippen LogP contribution >= 0.6 is 0 Å². The van der Waals surface area contributed by atoms with E-state index in [0.29, 0.717) is 30.9 Å². The van der Waals surface area contributed by atoms with E-state index in [-0.39, 0.29) is 30.7 Å². The fourth-order valence-corrected chi connectivity index (χ4v) is 4.00. The van der Waals surface area contributed by atoms with Crippen LogP contribution in [0.25, 0.3) is 0 Å². The van der Waals surface area contributed by atoms with Crippen LogP contribution in [0.3, 0.4) is 0 Å². The van der Waals surface area contributed by atoms with Gasteiger partial charge in [0.25, 0.3) is 0 Å². The lowest BCUT2D eigenvalue weighted by atomic mass is 10.1. The van der Waals surface area contributed by atoms with Gasteiger partial charge in [0.15, 0.2) is 0 Å². The molecule has 0 radical (unpaired) electrons. The molecular formula is C16H23N5O4S. The van der Waals surface area contributed by atoms with Crippen LogP contribution in [0.2, 0.25) is 0 Å². The average molecular weight is 381 g/mol. The van der Waals surface area contributed by atoms with Gasteiger partial charge in [0.2, 0.25) is 27.8 Å². The molecule has 1 aromatic heterocycles. The van der Waals surface area contributed by atoms with Gasteiger partial charge in [-0.1, -0.05) is 0 Å². The second-order valence-corrected chi connectivity index (χ2v) is 8.40. The molecule has 3 rings (SSSR count). The van der Waals surface area contributed by atoms with Crippen molar-refractivity contribution in [3.05, 3.63) is 18.0 Å². The molecule has 2 aliphatic rings. The first-order chi connectivity index (χ1) is 12.4. The maximum atomic E-state index is 12.2. The number of hydrogen-bond acceptors (Lipinski definition) is 7. The van der Waals surface area contributed by atoms with Crippen molar-refractivity contribution < 1.29 is 18.0 Å². The summed E-state index contributed by atoms with van der Waals surface area (Å²) in [6, 6.07) is 1.67. The summed E-state index contributed by atoms with van der Waals surface area (Å²) in [7, 11) is -3.63. The Morgan fingerprint density at radius 3 is 2.46 bits per heavy atom. The monoisotopic (exact) mass is 381 g/mol. The van der Waals surface area contributed by atoms with E-state index >= 15 is 0 Å². The number of nitrogens with zero attached hydrogens (tertiary/aromatic N) is 4. The molecule has 1 N–H and O–H groups in total. The van der Waals surface area contributed by atoms with Gasteiger partial charge in [-0.2, -0.15) is 0 Å². The molecule has 0 spiro atoms. The average Bonchev–Trinajstić information content (AvgIpc) is 3.15. The SMILES string of the molecule is O=C1CCCC(=O)N1CCS(=O)(=O)NCc1ccnc(N2CCCC2)n1. The van der Waals surface area contributed by atoms with Crippen LogP contribution in [-0.4, -0.2) is 60.5 Å². The lowest BCUT2D eigenvalue weighted by Gasteiger charge is -2.24. The lowest BCUT2D eigenvalue weighted by Crippen LogP contribution is -2.44. The summed E-state index contributed by atoms with van der Waals surface area (Å²) < 4.78 is 26.9. The summed E-state index contributed by atoms with van der Waals surface area (Å²) in [4.78, 5) is 35.2. The number of likely N-dealkylation sites (tertiary alicyclic amines) is 1. The first kappa shape index (κ1) is 18.7. The van der Waals surface area contributed by atoms with Crippen LogP contribution in [0.15, 0.2) is 12.3 Å². The molecule has 142 valence electrons. The summed E-state index contributed by atoms with van der Waals surface area (Å²) in [5, 5.41) is 0. The molecule has 0 bridgehead atoms. The third-order valence-corrected chi connectivity index (χ3v) is 5.83. The predicted molar refractivity (Wildman–Crippen MR) is 94.7 cm³/mol. The second kappa shape index (κ2) is 8.09. The number of carbonyl (C=O) groups excluding carboxylic acids is 2. The lowest BCUT2D eigenvalue weighted by molar-refractivity contribution is -0.147. The number of rotatable bonds is 7. The summed E-state index contributed by atoms with van der Waals surface area (Å²) in [6.07, 6.45) is 4.95. The third-order valence-electron chi connectivity index (χ3n) is 4.53. The highest BCUT2D eigenvalue weighted by molar-refractivity contribution is 7.89. The fraction of sp³-hybridized carbons (Fsp3) is 0.625. The molecule has 10 heteroatoms. The zero-order chi connectivity index (χ0) is 18.6. The van der Waals surface area contributed by atoms with Gasteiger partial charge in [-0.05, 0) is 25.3 Å². The zero-order valence-corrected chi connectivity index (χ0v) is 15.4. The van der Waals surface area contributed by atoms with Crippen LogP contribution in [0.1, 0.15) is 37.8 Å². The maximum absolute atomic E-state index is 12.2. The van der Waals surface area contributed by atoms with E-state index in [9.17, 15) is 18.0 Å². The molecule has 2 amide bonds. The number of carbonyl (C=O) groups is 2. The number of imide groups is 1. The van der Waals surface area contributed by atoms with E-state index in [4.69, 9.17) is 0 Å². The fourth-order valence-electron chi connectivity index (χ4n) is 3.07. The van der Waals surface area contributed by atoms with Crippen molar-refractivity contribution in [3.63, 3.8) is 0 Å². The third kappa shape index (κ3) is 4.76. The van der Waals surface area contributed by atoms with Gasteiger partial charge in [0.1, 0.15) is 0 Å². The van der Waals surface area contributed by atoms with E-state index in [1.165, 1.54) is 0 Å². The van der Waals surface area contributed by atoms with Crippen LogP contribution in [-0.2, 0) is 26.2 Å². The quantitative estimate of drug-likeness (QED) is 0.663. The molecule has 26 heavy (non-hydrogen) atoms. The van der Waals surface area contributed by atoms with Crippen molar-refractivity contribution in [1.82, 2.24) is 19.6 Å². The molecule has 3 heterocycles. The molecule has 0 saturated carbocycles. The molecular weight excluding hydrogens is 358 g/mol. The number of hydrogen-bond donors (Lipinski definition) is 1. The molecule has 9 nitrogen and oxygen atoms in total. The summed E-state index contributed by atoms with van der Waals surface area (Å²) >= 11 is 0. The maximum Gasteiger partial charge on any atom is 0.229 e. The Morgan fingerprint density at radius 1 is 1.08 bits per heavy atom. The van der Waals surface area contributed by atoms with Crippen molar-refractivity contribution in [3.8, 4) is 0 Å².